The lowest BCUT2D eigenvalue weighted by Crippen LogP contribution is -2.45. The fourth-order valence-electron chi connectivity index (χ4n) is 5.52. The van der Waals surface area contributed by atoms with Crippen molar-refractivity contribution in [1.82, 2.24) is 14.8 Å². The number of nitrogens with one attached hydrogen (secondary N) is 2. The fourth-order valence-corrected chi connectivity index (χ4v) is 5.52. The Morgan fingerprint density at radius 3 is 2.55 bits per heavy atom. The SMILES string of the molecule is Cc1cc2cc(NC(=NC3CCCCN(CC(=O)N4CCCC4)C3=O)Nc3ccc4ncccc4c3)ccc2o1. The molecule has 0 radical (unpaired) electrons. The molecule has 2 aromatic carbocycles. The maximum atomic E-state index is 13.7. The number of aliphatic imine (C=N–C) groups is 1. The summed E-state index contributed by atoms with van der Waals surface area (Å²) in [6, 6.07) is 17.1. The van der Waals surface area contributed by atoms with E-state index in [1.165, 1.54) is 0 Å². The third-order valence-electron chi connectivity index (χ3n) is 7.59. The van der Waals surface area contributed by atoms with Gasteiger partial charge >= 0.3 is 0 Å². The van der Waals surface area contributed by atoms with Gasteiger partial charge < -0.3 is 24.9 Å². The van der Waals surface area contributed by atoms with Gasteiger partial charge in [-0.2, -0.15) is 0 Å². The average molecular weight is 539 g/mol. The number of amides is 2. The first-order valence-electron chi connectivity index (χ1n) is 14.1. The highest BCUT2D eigenvalue weighted by Gasteiger charge is 2.30. The molecule has 2 saturated heterocycles. The van der Waals surface area contributed by atoms with Crippen molar-refractivity contribution in [3.05, 3.63) is 66.6 Å². The highest BCUT2D eigenvalue weighted by Crippen LogP contribution is 2.24. The molecule has 2 amide bonds. The van der Waals surface area contributed by atoms with Crippen LogP contribution in [0.3, 0.4) is 0 Å². The Hall–Kier alpha value is -4.40. The fraction of sp³-hybridized carbons (Fsp3) is 0.355. The van der Waals surface area contributed by atoms with Crippen molar-refractivity contribution in [3.8, 4) is 0 Å². The van der Waals surface area contributed by atoms with Crippen LogP contribution in [0.15, 0.2) is 70.2 Å². The number of pyridine rings is 1. The number of fused-ring (bicyclic) bond motifs is 2. The summed E-state index contributed by atoms with van der Waals surface area (Å²) in [7, 11) is 0. The van der Waals surface area contributed by atoms with Crippen molar-refractivity contribution >= 4 is 51.0 Å². The zero-order valence-electron chi connectivity index (χ0n) is 22.7. The number of guanidine groups is 1. The normalized spacial score (nSPS) is 18.4. The minimum absolute atomic E-state index is 0.0282. The number of hydrogen-bond acceptors (Lipinski definition) is 5. The first kappa shape index (κ1) is 25.9. The molecule has 2 fully saturated rings. The van der Waals surface area contributed by atoms with E-state index in [9.17, 15) is 9.59 Å². The van der Waals surface area contributed by atoms with Crippen molar-refractivity contribution in [1.29, 1.82) is 0 Å². The summed E-state index contributed by atoms with van der Waals surface area (Å²) in [5, 5.41) is 8.79. The molecule has 6 rings (SSSR count). The van der Waals surface area contributed by atoms with E-state index in [-0.39, 0.29) is 18.4 Å². The number of aryl methyl sites for hydroxylation is 1. The molecule has 2 aliphatic rings. The van der Waals surface area contributed by atoms with Crippen molar-refractivity contribution in [2.24, 2.45) is 4.99 Å². The van der Waals surface area contributed by atoms with Gasteiger partial charge in [0.1, 0.15) is 17.4 Å². The standard InChI is InChI=1S/C31H34N6O3/c1-21-17-23-19-25(10-12-28(23)40-21)34-31(33-24-9-11-26-22(18-24)7-6-13-32-26)35-27-8-2-3-16-37(30(27)39)20-29(38)36-14-4-5-15-36/h6-7,9-13,17-19,27H,2-5,8,14-16,20H2,1H3,(H2,33,34,35). The smallest absolute Gasteiger partial charge is 0.247 e. The van der Waals surface area contributed by atoms with Gasteiger partial charge in [0.15, 0.2) is 0 Å². The molecule has 1 unspecified atom stereocenters. The van der Waals surface area contributed by atoms with Crippen LogP contribution in [-0.2, 0) is 9.59 Å². The van der Waals surface area contributed by atoms with Crippen LogP contribution in [0.2, 0.25) is 0 Å². The van der Waals surface area contributed by atoms with Gasteiger partial charge in [-0.15, -0.1) is 0 Å². The van der Waals surface area contributed by atoms with Gasteiger partial charge in [0, 0.05) is 48.0 Å². The largest absolute Gasteiger partial charge is 0.461 e. The zero-order valence-corrected chi connectivity index (χ0v) is 22.7. The van der Waals surface area contributed by atoms with Crippen LogP contribution in [0.1, 0.15) is 37.9 Å². The molecule has 9 nitrogen and oxygen atoms in total. The van der Waals surface area contributed by atoms with Crippen molar-refractivity contribution in [3.63, 3.8) is 0 Å². The number of aromatic nitrogens is 1. The van der Waals surface area contributed by atoms with E-state index < -0.39 is 6.04 Å². The summed E-state index contributed by atoms with van der Waals surface area (Å²) >= 11 is 0. The van der Waals surface area contributed by atoms with Crippen LogP contribution in [0.25, 0.3) is 21.9 Å². The van der Waals surface area contributed by atoms with Crippen LogP contribution in [0.4, 0.5) is 11.4 Å². The molecule has 2 aliphatic heterocycles. The first-order chi connectivity index (χ1) is 19.5. The Bertz CT molecular complexity index is 1570. The predicted octanol–water partition coefficient (Wildman–Crippen LogP) is 5.17. The maximum absolute atomic E-state index is 13.7. The zero-order chi connectivity index (χ0) is 27.5. The second kappa shape index (κ2) is 11.4. The number of furan rings is 1. The second-order valence-corrected chi connectivity index (χ2v) is 10.6. The van der Waals surface area contributed by atoms with Crippen LogP contribution >= 0.6 is 0 Å². The van der Waals surface area contributed by atoms with Crippen molar-refractivity contribution in [2.45, 2.75) is 45.1 Å². The third kappa shape index (κ3) is 5.78. The van der Waals surface area contributed by atoms with Crippen LogP contribution < -0.4 is 10.6 Å². The summed E-state index contributed by atoms with van der Waals surface area (Å²) in [6.07, 6.45) is 6.18. The number of rotatable bonds is 5. The highest BCUT2D eigenvalue weighted by atomic mass is 16.3. The molecule has 0 spiro atoms. The van der Waals surface area contributed by atoms with Gasteiger partial charge in [-0.25, -0.2) is 4.99 Å². The van der Waals surface area contributed by atoms with E-state index >= 15 is 0 Å². The maximum Gasteiger partial charge on any atom is 0.247 e. The Morgan fingerprint density at radius 2 is 1.73 bits per heavy atom. The second-order valence-electron chi connectivity index (χ2n) is 10.6. The van der Waals surface area contributed by atoms with Gasteiger partial charge in [0.2, 0.25) is 17.8 Å². The average Bonchev–Trinajstić information content (AvgIpc) is 3.59. The molecule has 0 aliphatic carbocycles. The van der Waals surface area contributed by atoms with Crippen LogP contribution in [0, 0.1) is 6.92 Å². The molecular weight excluding hydrogens is 504 g/mol. The minimum Gasteiger partial charge on any atom is -0.461 e. The minimum atomic E-state index is -0.592. The number of carbonyl (C=O) groups excluding carboxylic acids is 2. The lowest BCUT2D eigenvalue weighted by Gasteiger charge is -2.25. The van der Waals surface area contributed by atoms with Gasteiger partial charge in [0.05, 0.1) is 12.1 Å². The number of nitrogens with zero attached hydrogens (tertiary/aromatic N) is 4. The van der Waals surface area contributed by atoms with Gasteiger partial charge in [-0.3, -0.25) is 14.6 Å². The topological polar surface area (TPSA) is 103 Å². The number of benzene rings is 2. The van der Waals surface area contributed by atoms with E-state index in [1.54, 1.807) is 11.1 Å². The Balaban J connectivity index is 1.28. The van der Waals surface area contributed by atoms with E-state index in [2.05, 4.69) is 15.6 Å². The summed E-state index contributed by atoms with van der Waals surface area (Å²) in [5.41, 5.74) is 3.37. The third-order valence-corrected chi connectivity index (χ3v) is 7.59. The molecule has 4 heterocycles. The molecule has 0 bridgehead atoms. The Morgan fingerprint density at radius 1 is 0.975 bits per heavy atom. The molecule has 1 atom stereocenters. The molecule has 2 aromatic heterocycles. The van der Waals surface area contributed by atoms with Gasteiger partial charge in [-0.1, -0.05) is 6.07 Å². The number of hydrogen-bond donors (Lipinski definition) is 2. The van der Waals surface area contributed by atoms with Gasteiger partial charge in [0.25, 0.3) is 0 Å². The molecule has 4 aromatic rings. The highest BCUT2D eigenvalue weighted by molar-refractivity contribution is 6.06. The van der Waals surface area contributed by atoms with E-state index in [1.807, 2.05) is 66.4 Å². The van der Waals surface area contributed by atoms with Crippen molar-refractivity contribution in [2.75, 3.05) is 36.8 Å². The molecule has 0 saturated carbocycles. The first-order valence-corrected chi connectivity index (χ1v) is 14.1. The summed E-state index contributed by atoms with van der Waals surface area (Å²) in [6.45, 7) is 4.18. The molecule has 206 valence electrons. The molecular formula is C31H34N6O3. The quantitative estimate of drug-likeness (QED) is 0.268. The molecule has 9 heteroatoms. The van der Waals surface area contributed by atoms with Crippen LogP contribution in [0.5, 0.6) is 0 Å². The monoisotopic (exact) mass is 538 g/mol. The molecule has 40 heavy (non-hydrogen) atoms. The van der Waals surface area contributed by atoms with E-state index in [4.69, 9.17) is 9.41 Å². The lowest BCUT2D eigenvalue weighted by atomic mass is 10.1. The Kier molecular flexibility index (Phi) is 7.35. The number of anilines is 2. The lowest BCUT2D eigenvalue weighted by molar-refractivity contribution is -0.140. The predicted molar refractivity (Wildman–Crippen MR) is 157 cm³/mol. The van der Waals surface area contributed by atoms with Gasteiger partial charge in [-0.05, 0) is 87.6 Å². The number of carbonyl (C=O) groups is 2. The molecule has 2 N–H and O–H groups in total. The summed E-state index contributed by atoms with van der Waals surface area (Å²) < 4.78 is 5.73. The van der Waals surface area contributed by atoms with E-state index in [0.29, 0.717) is 18.9 Å². The van der Waals surface area contributed by atoms with Crippen LogP contribution in [-0.4, -0.2) is 64.8 Å². The summed E-state index contributed by atoms with van der Waals surface area (Å²) in [5.74, 6) is 1.24. The van der Waals surface area contributed by atoms with Crippen molar-refractivity contribution < 1.29 is 14.0 Å². The van der Waals surface area contributed by atoms with E-state index in [0.717, 1.165) is 77.8 Å². The Labute approximate surface area is 233 Å². The number of likely N-dealkylation sites (tertiary alicyclic amines) is 2. The summed E-state index contributed by atoms with van der Waals surface area (Å²) in [4.78, 5) is 39.4.